The van der Waals surface area contributed by atoms with Crippen molar-refractivity contribution < 1.29 is 9.18 Å². The highest BCUT2D eigenvalue weighted by molar-refractivity contribution is 6.31. The largest absolute Gasteiger partial charge is 0.274 e. The normalized spacial score (nSPS) is 13.3. The third-order valence-electron chi connectivity index (χ3n) is 3.16. The second-order valence-electron chi connectivity index (χ2n) is 4.45. The molecule has 0 spiro atoms. The summed E-state index contributed by atoms with van der Waals surface area (Å²) >= 11 is 11.6. The molecular weight excluding hydrogens is 300 g/mol. The Hall–Kier alpha value is -1.71. The van der Waals surface area contributed by atoms with Crippen LogP contribution in [-0.2, 0) is 11.2 Å². The SMILES string of the molecule is O=C1N=c2cc(Cl)ccc2=C1Cc1cccc(Cl)c1F. The van der Waals surface area contributed by atoms with Crippen molar-refractivity contribution in [2.24, 2.45) is 4.99 Å². The van der Waals surface area contributed by atoms with Crippen molar-refractivity contribution in [3.63, 3.8) is 0 Å². The van der Waals surface area contributed by atoms with Gasteiger partial charge in [-0.1, -0.05) is 41.4 Å². The summed E-state index contributed by atoms with van der Waals surface area (Å²) in [5.41, 5.74) is 0.830. The Balaban J connectivity index is 2.13. The second kappa shape index (κ2) is 5.00. The standard InChI is InChI=1S/C15H8Cl2FNO/c16-9-4-5-10-11(15(20)19-13(10)7-9)6-8-2-1-3-12(17)14(8)18/h1-5,7H,6H2. The molecule has 3 rings (SSSR count). The van der Waals surface area contributed by atoms with Crippen molar-refractivity contribution in [2.45, 2.75) is 6.42 Å². The zero-order valence-corrected chi connectivity index (χ0v) is 11.7. The molecule has 1 amide bonds. The summed E-state index contributed by atoms with van der Waals surface area (Å²) in [7, 11) is 0. The zero-order chi connectivity index (χ0) is 14.3. The molecule has 0 saturated carbocycles. The fourth-order valence-electron chi connectivity index (χ4n) is 2.19. The maximum Gasteiger partial charge on any atom is 0.274 e. The maximum atomic E-state index is 13.9. The zero-order valence-electron chi connectivity index (χ0n) is 10.2. The Morgan fingerprint density at radius 3 is 2.75 bits per heavy atom. The summed E-state index contributed by atoms with van der Waals surface area (Å²) < 4.78 is 13.9. The lowest BCUT2D eigenvalue weighted by atomic mass is 10.0. The molecule has 0 unspecified atom stereocenters. The summed E-state index contributed by atoms with van der Waals surface area (Å²) in [5.74, 6) is -0.862. The molecule has 1 aliphatic rings. The lowest BCUT2D eigenvalue weighted by molar-refractivity contribution is -0.112. The van der Waals surface area contributed by atoms with Gasteiger partial charge in [0.15, 0.2) is 0 Å². The van der Waals surface area contributed by atoms with Crippen LogP contribution >= 0.6 is 23.2 Å². The van der Waals surface area contributed by atoms with Crippen molar-refractivity contribution in [3.8, 4) is 0 Å². The number of carbonyl (C=O) groups excluding carboxylic acids is 1. The van der Waals surface area contributed by atoms with E-state index in [1.165, 1.54) is 6.07 Å². The lowest BCUT2D eigenvalue weighted by Crippen LogP contribution is -2.23. The first-order chi connectivity index (χ1) is 9.56. The number of hydrogen-bond acceptors (Lipinski definition) is 1. The Kier molecular flexibility index (Phi) is 3.32. The summed E-state index contributed by atoms with van der Waals surface area (Å²) in [6.45, 7) is 0. The van der Waals surface area contributed by atoms with Gasteiger partial charge in [-0.3, -0.25) is 4.79 Å². The first-order valence-corrected chi connectivity index (χ1v) is 6.66. The van der Waals surface area contributed by atoms with E-state index in [9.17, 15) is 9.18 Å². The molecule has 20 heavy (non-hydrogen) atoms. The van der Waals surface area contributed by atoms with E-state index in [4.69, 9.17) is 23.2 Å². The number of carbonyl (C=O) groups is 1. The van der Waals surface area contributed by atoms with E-state index < -0.39 is 5.82 Å². The van der Waals surface area contributed by atoms with Crippen LogP contribution in [-0.4, -0.2) is 5.91 Å². The van der Waals surface area contributed by atoms with E-state index in [-0.39, 0.29) is 17.4 Å². The van der Waals surface area contributed by atoms with Gasteiger partial charge in [-0.05, 0) is 23.8 Å². The molecule has 0 radical (unpaired) electrons. The van der Waals surface area contributed by atoms with E-state index in [0.29, 0.717) is 26.7 Å². The van der Waals surface area contributed by atoms with E-state index in [0.717, 1.165) is 0 Å². The van der Waals surface area contributed by atoms with Gasteiger partial charge < -0.3 is 0 Å². The average Bonchev–Trinajstić information content (AvgIpc) is 2.70. The van der Waals surface area contributed by atoms with Crippen LogP contribution in [0.25, 0.3) is 5.57 Å². The van der Waals surface area contributed by atoms with Crippen LogP contribution in [0.2, 0.25) is 10.0 Å². The first-order valence-electron chi connectivity index (χ1n) is 5.91. The fourth-order valence-corrected chi connectivity index (χ4v) is 2.55. The third kappa shape index (κ3) is 2.23. The molecule has 0 aliphatic carbocycles. The van der Waals surface area contributed by atoms with Crippen LogP contribution in [0.1, 0.15) is 5.56 Å². The predicted molar refractivity (Wildman–Crippen MR) is 75.8 cm³/mol. The smallest absolute Gasteiger partial charge is 0.267 e. The minimum Gasteiger partial charge on any atom is -0.267 e. The summed E-state index contributed by atoms with van der Waals surface area (Å²) in [5, 5.41) is 1.77. The number of amides is 1. The van der Waals surface area contributed by atoms with Gasteiger partial charge in [0.05, 0.1) is 10.4 Å². The molecule has 0 N–H and O–H groups in total. The number of nitrogens with zero attached hydrogens (tertiary/aromatic N) is 1. The van der Waals surface area contributed by atoms with Crippen LogP contribution in [0.4, 0.5) is 4.39 Å². The Labute approximate surface area is 124 Å². The fraction of sp³-hybridized carbons (Fsp3) is 0.0667. The van der Waals surface area contributed by atoms with Crippen LogP contribution < -0.4 is 10.6 Å². The molecule has 0 aromatic heterocycles. The summed E-state index contributed by atoms with van der Waals surface area (Å²) in [6.07, 6.45) is 0.156. The van der Waals surface area contributed by atoms with Gasteiger partial charge in [-0.25, -0.2) is 9.38 Å². The summed E-state index contributed by atoms with van der Waals surface area (Å²) in [6, 6.07) is 9.76. The van der Waals surface area contributed by atoms with Crippen LogP contribution in [0.3, 0.4) is 0 Å². The van der Waals surface area contributed by atoms with Crippen LogP contribution in [0.15, 0.2) is 41.4 Å². The van der Waals surface area contributed by atoms with Gasteiger partial charge in [-0.15, -0.1) is 0 Å². The van der Waals surface area contributed by atoms with Gasteiger partial charge in [0, 0.05) is 22.2 Å². The molecule has 2 aromatic carbocycles. The van der Waals surface area contributed by atoms with E-state index in [1.54, 1.807) is 30.3 Å². The molecule has 0 saturated heterocycles. The topological polar surface area (TPSA) is 29.4 Å². The molecule has 2 aromatic rings. The highest BCUT2D eigenvalue weighted by Gasteiger charge is 2.19. The monoisotopic (exact) mass is 307 g/mol. The second-order valence-corrected chi connectivity index (χ2v) is 5.29. The van der Waals surface area contributed by atoms with Crippen molar-refractivity contribution in [2.75, 3.05) is 0 Å². The van der Waals surface area contributed by atoms with Gasteiger partial charge in [-0.2, -0.15) is 0 Å². The molecule has 100 valence electrons. The molecule has 1 aliphatic heterocycles. The van der Waals surface area contributed by atoms with Gasteiger partial charge in [0.25, 0.3) is 5.91 Å². The molecule has 1 heterocycles. The lowest BCUT2D eigenvalue weighted by Gasteiger charge is -2.04. The average molecular weight is 308 g/mol. The number of rotatable bonds is 2. The third-order valence-corrected chi connectivity index (χ3v) is 3.69. The van der Waals surface area contributed by atoms with Crippen molar-refractivity contribution in [1.29, 1.82) is 0 Å². The van der Waals surface area contributed by atoms with Gasteiger partial charge >= 0.3 is 0 Å². The minimum atomic E-state index is -0.503. The molecule has 0 atom stereocenters. The number of halogens is 3. The van der Waals surface area contributed by atoms with Crippen LogP contribution in [0, 0.1) is 5.82 Å². The van der Waals surface area contributed by atoms with E-state index in [2.05, 4.69) is 4.99 Å². The number of hydrogen-bond donors (Lipinski definition) is 0. The summed E-state index contributed by atoms with van der Waals surface area (Å²) in [4.78, 5) is 15.9. The molecular formula is C15H8Cl2FNO. The Morgan fingerprint density at radius 2 is 1.95 bits per heavy atom. The van der Waals surface area contributed by atoms with Gasteiger partial charge in [0.1, 0.15) is 5.82 Å². The maximum absolute atomic E-state index is 13.9. The van der Waals surface area contributed by atoms with E-state index in [1.807, 2.05) is 0 Å². The first kappa shape index (κ1) is 13.3. The highest BCUT2D eigenvalue weighted by Crippen LogP contribution is 2.21. The molecule has 0 bridgehead atoms. The molecule has 2 nitrogen and oxygen atoms in total. The van der Waals surface area contributed by atoms with Crippen molar-refractivity contribution >= 4 is 34.7 Å². The van der Waals surface area contributed by atoms with E-state index >= 15 is 0 Å². The molecule has 0 fully saturated rings. The van der Waals surface area contributed by atoms with Crippen molar-refractivity contribution in [3.05, 3.63) is 68.4 Å². The minimum absolute atomic E-state index is 0.0433. The Bertz CT molecular complexity index is 845. The predicted octanol–water partition coefficient (Wildman–Crippen LogP) is 2.69. The van der Waals surface area contributed by atoms with Crippen LogP contribution in [0.5, 0.6) is 0 Å². The number of benzene rings is 2. The van der Waals surface area contributed by atoms with Crippen molar-refractivity contribution in [1.82, 2.24) is 0 Å². The van der Waals surface area contributed by atoms with Gasteiger partial charge in [0.2, 0.25) is 0 Å². The highest BCUT2D eigenvalue weighted by atomic mass is 35.5. The molecule has 5 heteroatoms. The number of fused-ring (bicyclic) bond motifs is 1. The quantitative estimate of drug-likeness (QED) is 0.839. The Morgan fingerprint density at radius 1 is 1.15 bits per heavy atom.